The Labute approximate surface area is 135 Å². The van der Waals surface area contributed by atoms with Gasteiger partial charge in [-0.05, 0) is 30.9 Å². The Hall–Kier alpha value is -2.03. The maximum Gasteiger partial charge on any atom is 0.324 e. The molecular weight excluding hydrogens is 326 g/mol. The molecule has 1 saturated heterocycles. The van der Waals surface area contributed by atoms with E-state index in [-0.39, 0.29) is 17.2 Å². The van der Waals surface area contributed by atoms with Gasteiger partial charge < -0.3 is 9.32 Å². The van der Waals surface area contributed by atoms with Gasteiger partial charge in [-0.1, -0.05) is 18.3 Å². The monoisotopic (exact) mass is 342 g/mol. The molecule has 2 aromatic heterocycles. The first-order chi connectivity index (χ1) is 11.0. The van der Waals surface area contributed by atoms with Gasteiger partial charge in [-0.3, -0.25) is 5.32 Å². The Kier molecular flexibility index (Phi) is 4.56. The summed E-state index contributed by atoms with van der Waals surface area (Å²) in [6, 6.07) is 3.07. The lowest BCUT2D eigenvalue weighted by molar-refractivity contribution is 0.129. The van der Waals surface area contributed by atoms with E-state index in [4.69, 9.17) is 4.42 Å². The SMILES string of the molecule is C[C@H]1CCN(C(=O)Nc2nnc(C(F)F)s2)[C@H](c2ccco2)C1. The predicted molar refractivity (Wildman–Crippen MR) is 80.4 cm³/mol. The molecule has 124 valence electrons. The first kappa shape index (κ1) is 15.9. The molecule has 0 aromatic carbocycles. The highest BCUT2D eigenvalue weighted by molar-refractivity contribution is 7.15. The van der Waals surface area contributed by atoms with Crippen LogP contribution >= 0.6 is 11.3 Å². The second-order valence-electron chi connectivity index (χ2n) is 5.53. The second-order valence-corrected chi connectivity index (χ2v) is 6.54. The van der Waals surface area contributed by atoms with E-state index < -0.39 is 11.4 Å². The van der Waals surface area contributed by atoms with Gasteiger partial charge in [0, 0.05) is 6.54 Å². The number of hydrogen-bond donors (Lipinski definition) is 1. The minimum Gasteiger partial charge on any atom is -0.467 e. The highest BCUT2D eigenvalue weighted by Gasteiger charge is 2.33. The van der Waals surface area contributed by atoms with Gasteiger partial charge in [0.15, 0.2) is 5.01 Å². The molecular formula is C14H16F2N4O2S. The van der Waals surface area contributed by atoms with Crippen molar-refractivity contribution in [3.05, 3.63) is 29.2 Å². The molecule has 3 heterocycles. The van der Waals surface area contributed by atoms with Crippen molar-refractivity contribution in [2.75, 3.05) is 11.9 Å². The summed E-state index contributed by atoms with van der Waals surface area (Å²) in [5, 5.41) is 9.16. The Morgan fingerprint density at radius 2 is 2.35 bits per heavy atom. The van der Waals surface area contributed by atoms with Crippen LogP contribution < -0.4 is 5.32 Å². The average Bonchev–Trinajstić information content (AvgIpc) is 3.18. The minimum atomic E-state index is -2.69. The summed E-state index contributed by atoms with van der Waals surface area (Å²) in [6.45, 7) is 2.70. The van der Waals surface area contributed by atoms with Gasteiger partial charge in [-0.2, -0.15) is 0 Å². The number of alkyl halides is 2. The first-order valence-corrected chi connectivity index (χ1v) is 8.09. The third-order valence-electron chi connectivity index (χ3n) is 3.84. The number of furan rings is 1. The van der Waals surface area contributed by atoms with Crippen LogP contribution in [0.1, 0.15) is 43.0 Å². The van der Waals surface area contributed by atoms with Crippen LogP contribution in [0.25, 0.3) is 0 Å². The van der Waals surface area contributed by atoms with Crippen molar-refractivity contribution in [3.8, 4) is 0 Å². The summed E-state index contributed by atoms with van der Waals surface area (Å²) in [4.78, 5) is 14.1. The molecule has 1 aliphatic rings. The van der Waals surface area contributed by atoms with Crippen LogP contribution in [0.15, 0.2) is 22.8 Å². The number of urea groups is 1. The van der Waals surface area contributed by atoms with E-state index in [0.29, 0.717) is 23.8 Å². The lowest BCUT2D eigenvalue weighted by atomic mass is 9.91. The number of rotatable bonds is 3. The number of nitrogens with one attached hydrogen (secondary N) is 1. The van der Waals surface area contributed by atoms with E-state index in [9.17, 15) is 13.6 Å². The molecule has 2 aromatic rings. The summed E-state index contributed by atoms with van der Waals surface area (Å²) in [5.41, 5.74) is 0. The molecule has 0 unspecified atom stereocenters. The number of nitrogens with zero attached hydrogens (tertiary/aromatic N) is 3. The lowest BCUT2D eigenvalue weighted by Crippen LogP contribution is -2.42. The topological polar surface area (TPSA) is 71.3 Å². The lowest BCUT2D eigenvalue weighted by Gasteiger charge is -2.37. The zero-order valence-corrected chi connectivity index (χ0v) is 13.2. The van der Waals surface area contributed by atoms with Gasteiger partial charge in [0.25, 0.3) is 6.43 Å². The standard InChI is InChI=1S/C14H16F2N4O2S/c1-8-4-5-20(9(7-8)10-3-2-6-22-10)14(21)17-13-19-18-12(23-13)11(15)16/h2-3,6,8-9,11H,4-5,7H2,1H3,(H,17,19,21)/t8-,9-/m0/s1. The molecule has 3 rings (SSSR count). The number of aromatic nitrogens is 2. The fourth-order valence-corrected chi connectivity index (χ4v) is 3.26. The molecule has 0 saturated carbocycles. The molecule has 2 atom stereocenters. The Morgan fingerprint density at radius 1 is 1.52 bits per heavy atom. The summed E-state index contributed by atoms with van der Waals surface area (Å²) >= 11 is 0.678. The highest BCUT2D eigenvalue weighted by atomic mass is 32.1. The fraction of sp³-hybridized carbons (Fsp3) is 0.500. The van der Waals surface area contributed by atoms with Crippen molar-refractivity contribution in [1.82, 2.24) is 15.1 Å². The number of piperidine rings is 1. The minimum absolute atomic E-state index is 0.0714. The van der Waals surface area contributed by atoms with E-state index in [1.54, 1.807) is 17.2 Å². The van der Waals surface area contributed by atoms with E-state index in [1.807, 2.05) is 6.07 Å². The average molecular weight is 342 g/mol. The molecule has 6 nitrogen and oxygen atoms in total. The van der Waals surface area contributed by atoms with Crippen LogP contribution in [-0.2, 0) is 0 Å². The van der Waals surface area contributed by atoms with Crippen LogP contribution in [0.4, 0.5) is 18.7 Å². The van der Waals surface area contributed by atoms with Crippen molar-refractivity contribution in [3.63, 3.8) is 0 Å². The van der Waals surface area contributed by atoms with Gasteiger partial charge >= 0.3 is 6.03 Å². The predicted octanol–water partition coefficient (Wildman–Crippen LogP) is 4.07. The van der Waals surface area contributed by atoms with Gasteiger partial charge in [0.2, 0.25) is 5.13 Å². The maximum absolute atomic E-state index is 12.5. The molecule has 23 heavy (non-hydrogen) atoms. The normalized spacial score (nSPS) is 21.7. The van der Waals surface area contributed by atoms with Gasteiger partial charge in [0.05, 0.1) is 12.3 Å². The Morgan fingerprint density at radius 3 is 3.00 bits per heavy atom. The molecule has 1 fully saturated rings. The van der Waals surface area contributed by atoms with Crippen molar-refractivity contribution in [1.29, 1.82) is 0 Å². The Balaban J connectivity index is 1.73. The van der Waals surface area contributed by atoms with E-state index in [1.165, 1.54) is 0 Å². The molecule has 0 spiro atoms. The molecule has 0 radical (unpaired) electrons. The number of likely N-dealkylation sites (tertiary alicyclic amines) is 1. The maximum atomic E-state index is 12.5. The quantitative estimate of drug-likeness (QED) is 0.912. The molecule has 9 heteroatoms. The van der Waals surface area contributed by atoms with E-state index in [0.717, 1.165) is 18.6 Å². The number of carbonyl (C=O) groups is 1. The molecule has 2 amide bonds. The molecule has 0 bridgehead atoms. The number of anilines is 1. The van der Waals surface area contributed by atoms with Crippen molar-refractivity contribution in [2.45, 2.75) is 32.2 Å². The third kappa shape index (κ3) is 3.49. The number of halogens is 2. The summed E-state index contributed by atoms with van der Waals surface area (Å²) in [7, 11) is 0. The molecule has 1 N–H and O–H groups in total. The second kappa shape index (κ2) is 6.61. The van der Waals surface area contributed by atoms with Crippen LogP contribution in [0.5, 0.6) is 0 Å². The molecule has 0 aliphatic carbocycles. The van der Waals surface area contributed by atoms with Crippen molar-refractivity contribution >= 4 is 22.5 Å². The van der Waals surface area contributed by atoms with Crippen molar-refractivity contribution in [2.24, 2.45) is 5.92 Å². The van der Waals surface area contributed by atoms with Gasteiger partial charge in [0.1, 0.15) is 5.76 Å². The highest BCUT2D eigenvalue weighted by Crippen LogP contribution is 2.35. The largest absolute Gasteiger partial charge is 0.467 e. The van der Waals surface area contributed by atoms with Crippen LogP contribution in [0.3, 0.4) is 0 Å². The first-order valence-electron chi connectivity index (χ1n) is 7.27. The number of hydrogen-bond acceptors (Lipinski definition) is 5. The summed E-state index contributed by atoms with van der Waals surface area (Å²) in [5.74, 6) is 1.19. The summed E-state index contributed by atoms with van der Waals surface area (Å²) < 4.78 is 30.5. The smallest absolute Gasteiger partial charge is 0.324 e. The summed E-state index contributed by atoms with van der Waals surface area (Å²) in [6.07, 6.45) is 0.553. The number of carbonyl (C=O) groups excluding carboxylic acids is 1. The van der Waals surface area contributed by atoms with Gasteiger partial charge in [-0.25, -0.2) is 13.6 Å². The Bertz CT molecular complexity index is 662. The third-order valence-corrected chi connectivity index (χ3v) is 4.68. The van der Waals surface area contributed by atoms with E-state index in [2.05, 4.69) is 22.4 Å². The fourth-order valence-electron chi connectivity index (χ4n) is 2.67. The van der Waals surface area contributed by atoms with E-state index >= 15 is 0 Å². The van der Waals surface area contributed by atoms with Gasteiger partial charge in [-0.15, -0.1) is 10.2 Å². The molecule has 1 aliphatic heterocycles. The number of amides is 2. The van der Waals surface area contributed by atoms with Crippen LogP contribution in [-0.4, -0.2) is 27.7 Å². The van der Waals surface area contributed by atoms with Crippen LogP contribution in [0.2, 0.25) is 0 Å². The zero-order chi connectivity index (χ0) is 16.4. The van der Waals surface area contributed by atoms with Crippen molar-refractivity contribution < 1.29 is 18.0 Å². The zero-order valence-electron chi connectivity index (χ0n) is 12.4. The van der Waals surface area contributed by atoms with Crippen LogP contribution in [0, 0.1) is 5.92 Å².